The first kappa shape index (κ1) is 25.6. The van der Waals surface area contributed by atoms with Gasteiger partial charge in [-0.3, -0.25) is 9.69 Å². The highest BCUT2D eigenvalue weighted by atomic mass is 32.2. The molecule has 1 aliphatic rings. The molecular weight excluding hydrogens is 488 g/mol. The fourth-order valence-electron chi connectivity index (χ4n) is 4.40. The van der Waals surface area contributed by atoms with Crippen LogP contribution >= 0.6 is 11.8 Å². The SMILES string of the molecule is C=CCOc1ccc2ccccc2c1/C=C1\SC(=Nc2ccc(CC)cc2)N(c2ccc(CC)cc2)C1=O. The zero-order valence-electron chi connectivity index (χ0n) is 21.7. The van der Waals surface area contributed by atoms with Crippen molar-refractivity contribution in [3.63, 3.8) is 0 Å². The number of amides is 1. The highest BCUT2D eigenvalue weighted by molar-refractivity contribution is 8.19. The fourth-order valence-corrected chi connectivity index (χ4v) is 5.39. The molecule has 4 aromatic rings. The van der Waals surface area contributed by atoms with E-state index >= 15 is 0 Å². The second-order valence-electron chi connectivity index (χ2n) is 8.98. The molecule has 1 saturated heterocycles. The predicted molar refractivity (Wildman–Crippen MR) is 161 cm³/mol. The van der Waals surface area contributed by atoms with Crippen LogP contribution in [-0.4, -0.2) is 17.7 Å². The van der Waals surface area contributed by atoms with Crippen molar-refractivity contribution in [1.29, 1.82) is 0 Å². The van der Waals surface area contributed by atoms with Gasteiger partial charge in [0, 0.05) is 5.56 Å². The molecule has 5 rings (SSSR count). The molecule has 0 N–H and O–H groups in total. The third-order valence-corrected chi connectivity index (χ3v) is 7.51. The van der Waals surface area contributed by atoms with Crippen LogP contribution in [0.5, 0.6) is 5.75 Å². The minimum absolute atomic E-state index is 0.106. The number of hydrogen-bond acceptors (Lipinski definition) is 4. The van der Waals surface area contributed by atoms with Crippen LogP contribution in [0, 0.1) is 0 Å². The Hall–Kier alpha value is -4.09. The van der Waals surface area contributed by atoms with Crippen molar-refractivity contribution in [3.05, 3.63) is 119 Å². The summed E-state index contributed by atoms with van der Waals surface area (Å²) in [7, 11) is 0. The number of ether oxygens (including phenoxy) is 1. The number of thioether (sulfide) groups is 1. The van der Waals surface area contributed by atoms with Gasteiger partial charge in [-0.25, -0.2) is 4.99 Å². The summed E-state index contributed by atoms with van der Waals surface area (Å²) in [5, 5.41) is 2.73. The molecule has 1 fully saturated rings. The normalized spacial score (nSPS) is 15.5. The average Bonchev–Trinajstić information content (AvgIpc) is 3.26. The second-order valence-corrected chi connectivity index (χ2v) is 9.99. The number of nitrogens with zero attached hydrogens (tertiary/aromatic N) is 2. The molecule has 0 atom stereocenters. The maximum atomic E-state index is 13.9. The maximum absolute atomic E-state index is 13.9. The molecule has 4 aromatic carbocycles. The zero-order valence-corrected chi connectivity index (χ0v) is 22.5. The quantitative estimate of drug-likeness (QED) is 0.174. The highest BCUT2D eigenvalue weighted by Gasteiger charge is 2.35. The van der Waals surface area contributed by atoms with Crippen LogP contribution in [0.2, 0.25) is 0 Å². The molecule has 0 saturated carbocycles. The number of amidine groups is 1. The molecule has 0 bridgehead atoms. The van der Waals surface area contributed by atoms with E-state index in [-0.39, 0.29) is 5.91 Å². The number of aliphatic imine (C=N–C) groups is 1. The molecule has 0 aliphatic carbocycles. The first-order valence-electron chi connectivity index (χ1n) is 12.9. The molecule has 0 spiro atoms. The average molecular weight is 519 g/mol. The van der Waals surface area contributed by atoms with E-state index in [1.807, 2.05) is 54.6 Å². The van der Waals surface area contributed by atoms with E-state index in [0.29, 0.717) is 22.4 Å². The van der Waals surface area contributed by atoms with Crippen LogP contribution in [0.3, 0.4) is 0 Å². The summed E-state index contributed by atoms with van der Waals surface area (Å²) in [6, 6.07) is 28.4. The van der Waals surface area contributed by atoms with Crippen LogP contribution in [0.4, 0.5) is 11.4 Å². The minimum Gasteiger partial charge on any atom is -0.489 e. The van der Waals surface area contributed by atoms with Crippen molar-refractivity contribution in [2.45, 2.75) is 26.7 Å². The van der Waals surface area contributed by atoms with Gasteiger partial charge in [-0.1, -0.05) is 81.1 Å². The Labute approximate surface area is 228 Å². The molecule has 1 aliphatic heterocycles. The Morgan fingerprint density at radius 2 is 1.58 bits per heavy atom. The zero-order chi connectivity index (χ0) is 26.5. The molecule has 0 aromatic heterocycles. The van der Waals surface area contributed by atoms with Gasteiger partial charge in [0.2, 0.25) is 0 Å². The van der Waals surface area contributed by atoms with E-state index in [0.717, 1.165) is 40.6 Å². The van der Waals surface area contributed by atoms with Gasteiger partial charge in [0.25, 0.3) is 5.91 Å². The van der Waals surface area contributed by atoms with Crippen molar-refractivity contribution < 1.29 is 9.53 Å². The van der Waals surface area contributed by atoms with Gasteiger partial charge >= 0.3 is 0 Å². The molecule has 38 heavy (non-hydrogen) atoms. The van der Waals surface area contributed by atoms with Gasteiger partial charge in [-0.05, 0) is 82.9 Å². The third-order valence-electron chi connectivity index (χ3n) is 6.54. The molecule has 0 radical (unpaired) electrons. The van der Waals surface area contributed by atoms with Gasteiger partial charge in [0.1, 0.15) is 12.4 Å². The summed E-state index contributed by atoms with van der Waals surface area (Å²) in [6.07, 6.45) is 5.56. The van der Waals surface area contributed by atoms with Gasteiger partial charge in [0.05, 0.1) is 16.3 Å². The minimum atomic E-state index is -0.106. The largest absolute Gasteiger partial charge is 0.489 e. The Bertz CT molecular complexity index is 1540. The molecular formula is C33H30N2O2S. The Morgan fingerprint density at radius 3 is 2.26 bits per heavy atom. The van der Waals surface area contributed by atoms with E-state index in [1.165, 1.54) is 22.9 Å². The van der Waals surface area contributed by atoms with Crippen LogP contribution in [0.25, 0.3) is 16.8 Å². The summed E-state index contributed by atoms with van der Waals surface area (Å²) in [6.45, 7) is 8.41. The number of carbonyl (C=O) groups excluding carboxylic acids is 1. The van der Waals surface area contributed by atoms with Crippen molar-refractivity contribution in [3.8, 4) is 5.75 Å². The number of anilines is 1. The second kappa shape index (κ2) is 11.5. The highest BCUT2D eigenvalue weighted by Crippen LogP contribution is 2.40. The van der Waals surface area contributed by atoms with Crippen LogP contribution < -0.4 is 9.64 Å². The molecule has 5 heteroatoms. The molecule has 1 heterocycles. The van der Waals surface area contributed by atoms with Crippen LogP contribution in [-0.2, 0) is 17.6 Å². The summed E-state index contributed by atoms with van der Waals surface area (Å²) >= 11 is 1.38. The van der Waals surface area contributed by atoms with E-state index in [2.05, 4.69) is 56.8 Å². The summed E-state index contributed by atoms with van der Waals surface area (Å²) in [4.78, 5) is 21.1. The number of fused-ring (bicyclic) bond motifs is 1. The molecule has 0 unspecified atom stereocenters. The number of aryl methyl sites for hydroxylation is 2. The number of hydrogen-bond donors (Lipinski definition) is 0. The first-order valence-corrected chi connectivity index (χ1v) is 13.7. The molecule has 4 nitrogen and oxygen atoms in total. The lowest BCUT2D eigenvalue weighted by molar-refractivity contribution is -0.113. The maximum Gasteiger partial charge on any atom is 0.271 e. The van der Waals surface area contributed by atoms with E-state index in [4.69, 9.17) is 9.73 Å². The van der Waals surface area contributed by atoms with Crippen molar-refractivity contribution in [1.82, 2.24) is 0 Å². The monoisotopic (exact) mass is 518 g/mol. The number of benzene rings is 4. The topological polar surface area (TPSA) is 41.9 Å². The smallest absolute Gasteiger partial charge is 0.271 e. The first-order chi connectivity index (χ1) is 18.6. The van der Waals surface area contributed by atoms with Crippen LogP contribution in [0.1, 0.15) is 30.5 Å². The van der Waals surface area contributed by atoms with Crippen molar-refractivity contribution in [2.24, 2.45) is 4.99 Å². The Kier molecular flexibility index (Phi) is 7.75. The number of carbonyl (C=O) groups is 1. The van der Waals surface area contributed by atoms with Crippen molar-refractivity contribution >= 4 is 51.1 Å². The standard InChI is InChI=1S/C33H30N2O2S/c1-4-21-37-30-20-15-25-9-7-8-10-28(25)29(30)22-31-32(36)35(27-18-13-24(6-3)14-19-27)33(38-31)34-26-16-11-23(5-2)12-17-26/h4,7-20,22H,1,5-6,21H2,2-3H3/b31-22-,34-33?. The lowest BCUT2D eigenvalue weighted by Crippen LogP contribution is -2.28. The van der Waals surface area contributed by atoms with Crippen molar-refractivity contribution in [2.75, 3.05) is 11.5 Å². The van der Waals surface area contributed by atoms with Gasteiger partial charge < -0.3 is 4.74 Å². The predicted octanol–water partition coefficient (Wildman–Crippen LogP) is 8.34. The summed E-state index contributed by atoms with van der Waals surface area (Å²) in [5.74, 6) is 0.606. The van der Waals surface area contributed by atoms with E-state index < -0.39 is 0 Å². The fraction of sp³-hybridized carbons (Fsp3) is 0.152. The summed E-state index contributed by atoms with van der Waals surface area (Å²) in [5.41, 5.74) is 4.95. The molecule has 190 valence electrons. The van der Waals surface area contributed by atoms with E-state index in [1.54, 1.807) is 11.0 Å². The van der Waals surface area contributed by atoms with Gasteiger partial charge in [-0.2, -0.15) is 0 Å². The lowest BCUT2D eigenvalue weighted by atomic mass is 10.0. The van der Waals surface area contributed by atoms with E-state index in [9.17, 15) is 4.79 Å². The van der Waals surface area contributed by atoms with Gasteiger partial charge in [-0.15, -0.1) is 0 Å². The Balaban J connectivity index is 1.62. The lowest BCUT2D eigenvalue weighted by Gasteiger charge is -2.16. The Morgan fingerprint density at radius 1 is 0.895 bits per heavy atom. The third kappa shape index (κ3) is 5.29. The van der Waals surface area contributed by atoms with Crippen LogP contribution in [0.15, 0.2) is 107 Å². The summed E-state index contributed by atoms with van der Waals surface area (Å²) < 4.78 is 5.99. The molecule has 1 amide bonds. The van der Waals surface area contributed by atoms with Gasteiger partial charge in [0.15, 0.2) is 5.17 Å². The number of rotatable bonds is 8.